The average molecular weight is 383 g/mol. The van der Waals surface area contributed by atoms with Crippen molar-refractivity contribution in [3.05, 3.63) is 66.0 Å². The van der Waals surface area contributed by atoms with E-state index in [1.165, 1.54) is 0 Å². The Hall–Kier alpha value is -2.64. The molecule has 0 atom stereocenters. The lowest BCUT2D eigenvalue weighted by molar-refractivity contribution is 0.356. The highest BCUT2D eigenvalue weighted by molar-refractivity contribution is 7.89. The summed E-state index contributed by atoms with van der Waals surface area (Å²) in [5, 5.41) is 4.17. The molecule has 140 valence electrons. The van der Waals surface area contributed by atoms with Gasteiger partial charge in [-0.3, -0.25) is 4.68 Å². The number of hydrogen-bond acceptors (Lipinski definition) is 4. The van der Waals surface area contributed by atoms with Gasteiger partial charge in [0.15, 0.2) is 0 Å². The normalized spacial score (nSPS) is 13.4. The second kappa shape index (κ2) is 7.17. The van der Waals surface area contributed by atoms with Gasteiger partial charge in [0.25, 0.3) is 0 Å². The number of aryl methyl sites for hydroxylation is 1. The molecule has 1 N–H and O–H groups in total. The SMILES string of the molecule is Cn1cc(-c2ccc(CCNS(=O)(=O)c3ccc4c(c3)CCO4)cc2)cn1. The fourth-order valence-electron chi connectivity index (χ4n) is 3.18. The first kappa shape index (κ1) is 17.8. The van der Waals surface area contributed by atoms with Crippen LogP contribution in [0.4, 0.5) is 0 Å². The van der Waals surface area contributed by atoms with E-state index in [4.69, 9.17) is 4.74 Å². The summed E-state index contributed by atoms with van der Waals surface area (Å²) in [4.78, 5) is 0.290. The summed E-state index contributed by atoms with van der Waals surface area (Å²) in [7, 11) is -1.63. The molecule has 0 saturated heterocycles. The predicted octanol–water partition coefficient (Wildman–Crippen LogP) is 2.54. The summed E-state index contributed by atoms with van der Waals surface area (Å²) in [6.45, 7) is 0.962. The molecular formula is C20H21N3O3S. The summed E-state index contributed by atoms with van der Waals surface area (Å²) < 4.78 is 34.9. The quantitative estimate of drug-likeness (QED) is 0.710. The van der Waals surface area contributed by atoms with Crippen LogP contribution in [0.5, 0.6) is 5.75 Å². The van der Waals surface area contributed by atoms with Crippen LogP contribution in [0.15, 0.2) is 59.8 Å². The van der Waals surface area contributed by atoms with Gasteiger partial charge in [0.2, 0.25) is 10.0 Å². The molecule has 3 aromatic rings. The number of nitrogens with zero attached hydrogens (tertiary/aromatic N) is 2. The number of ether oxygens (including phenoxy) is 1. The second-order valence-corrected chi connectivity index (χ2v) is 8.38. The van der Waals surface area contributed by atoms with E-state index >= 15 is 0 Å². The molecular weight excluding hydrogens is 362 g/mol. The molecule has 0 spiro atoms. The molecule has 1 aromatic heterocycles. The molecule has 0 radical (unpaired) electrons. The third kappa shape index (κ3) is 3.89. The van der Waals surface area contributed by atoms with E-state index in [1.807, 2.05) is 43.7 Å². The standard InChI is InChI=1S/C20H21N3O3S/c1-23-14-18(13-21-23)16-4-2-15(3-5-16)8-10-22-27(24,25)19-6-7-20-17(12-19)9-11-26-20/h2-7,12-14,22H,8-11H2,1H3. The van der Waals surface area contributed by atoms with Gasteiger partial charge in [-0.15, -0.1) is 0 Å². The zero-order valence-corrected chi connectivity index (χ0v) is 15.9. The Balaban J connectivity index is 1.37. The minimum absolute atomic E-state index is 0.290. The molecule has 1 aliphatic heterocycles. The third-order valence-electron chi connectivity index (χ3n) is 4.67. The Kier molecular flexibility index (Phi) is 4.72. The van der Waals surface area contributed by atoms with Crippen molar-refractivity contribution < 1.29 is 13.2 Å². The maximum atomic E-state index is 12.5. The number of aromatic nitrogens is 2. The average Bonchev–Trinajstić information content (AvgIpc) is 3.30. The summed E-state index contributed by atoms with van der Waals surface area (Å²) in [6.07, 6.45) is 5.16. The van der Waals surface area contributed by atoms with Crippen molar-refractivity contribution in [2.24, 2.45) is 7.05 Å². The smallest absolute Gasteiger partial charge is 0.240 e. The van der Waals surface area contributed by atoms with Crippen LogP contribution in [-0.4, -0.2) is 31.3 Å². The van der Waals surface area contributed by atoms with Crippen molar-refractivity contribution in [1.82, 2.24) is 14.5 Å². The summed E-state index contributed by atoms with van der Waals surface area (Å²) in [6, 6.07) is 13.1. The maximum Gasteiger partial charge on any atom is 0.240 e. The van der Waals surface area contributed by atoms with E-state index in [2.05, 4.69) is 9.82 Å². The van der Waals surface area contributed by atoms with Gasteiger partial charge in [-0.2, -0.15) is 5.10 Å². The largest absolute Gasteiger partial charge is 0.493 e. The fourth-order valence-corrected chi connectivity index (χ4v) is 4.26. The van der Waals surface area contributed by atoms with Crippen molar-refractivity contribution in [3.63, 3.8) is 0 Å². The van der Waals surface area contributed by atoms with Crippen molar-refractivity contribution >= 4 is 10.0 Å². The van der Waals surface area contributed by atoms with E-state index in [-0.39, 0.29) is 0 Å². The highest BCUT2D eigenvalue weighted by atomic mass is 32.2. The highest BCUT2D eigenvalue weighted by Crippen LogP contribution is 2.27. The van der Waals surface area contributed by atoms with Crippen LogP contribution in [0.25, 0.3) is 11.1 Å². The molecule has 4 rings (SSSR count). The number of hydrogen-bond donors (Lipinski definition) is 1. The molecule has 0 unspecified atom stereocenters. The third-order valence-corrected chi connectivity index (χ3v) is 6.13. The maximum absolute atomic E-state index is 12.5. The van der Waals surface area contributed by atoms with Crippen LogP contribution in [-0.2, 0) is 29.9 Å². The Labute approximate surface area is 158 Å². The van der Waals surface area contributed by atoms with Gasteiger partial charge in [0, 0.05) is 31.8 Å². The number of sulfonamides is 1. The zero-order chi connectivity index (χ0) is 18.9. The van der Waals surface area contributed by atoms with Gasteiger partial charge >= 0.3 is 0 Å². The summed E-state index contributed by atoms with van der Waals surface area (Å²) in [5.74, 6) is 0.780. The second-order valence-electron chi connectivity index (χ2n) is 6.62. The number of nitrogens with one attached hydrogen (secondary N) is 1. The van der Waals surface area contributed by atoms with Gasteiger partial charge in [0.05, 0.1) is 17.7 Å². The van der Waals surface area contributed by atoms with Crippen LogP contribution in [0, 0.1) is 0 Å². The van der Waals surface area contributed by atoms with Crippen LogP contribution in [0.1, 0.15) is 11.1 Å². The fraction of sp³-hybridized carbons (Fsp3) is 0.250. The van der Waals surface area contributed by atoms with Crippen LogP contribution >= 0.6 is 0 Å². The molecule has 7 heteroatoms. The first-order valence-corrected chi connectivity index (χ1v) is 10.3. The molecule has 27 heavy (non-hydrogen) atoms. The lowest BCUT2D eigenvalue weighted by atomic mass is 10.1. The summed E-state index contributed by atoms with van der Waals surface area (Å²) in [5.41, 5.74) is 4.18. The van der Waals surface area contributed by atoms with Gasteiger partial charge in [-0.25, -0.2) is 13.1 Å². The molecule has 0 fully saturated rings. The lowest BCUT2D eigenvalue weighted by Crippen LogP contribution is -2.26. The van der Waals surface area contributed by atoms with Crippen molar-refractivity contribution in [2.75, 3.05) is 13.2 Å². The van der Waals surface area contributed by atoms with Gasteiger partial charge in [0.1, 0.15) is 5.75 Å². The lowest BCUT2D eigenvalue weighted by Gasteiger charge is -2.08. The number of fused-ring (bicyclic) bond motifs is 1. The zero-order valence-electron chi connectivity index (χ0n) is 15.1. The Morgan fingerprint density at radius 2 is 1.96 bits per heavy atom. The Bertz CT molecular complexity index is 1060. The minimum Gasteiger partial charge on any atom is -0.493 e. The number of rotatable bonds is 6. The predicted molar refractivity (Wildman–Crippen MR) is 103 cm³/mol. The van der Waals surface area contributed by atoms with Crippen molar-refractivity contribution in [3.8, 4) is 16.9 Å². The molecule has 6 nitrogen and oxygen atoms in total. The van der Waals surface area contributed by atoms with Crippen LogP contribution in [0.3, 0.4) is 0 Å². The van der Waals surface area contributed by atoms with Crippen LogP contribution in [0.2, 0.25) is 0 Å². The van der Waals surface area contributed by atoms with E-state index in [9.17, 15) is 8.42 Å². The first-order chi connectivity index (χ1) is 13.0. The molecule has 0 aliphatic carbocycles. The highest BCUT2D eigenvalue weighted by Gasteiger charge is 2.18. The Morgan fingerprint density at radius 1 is 1.15 bits per heavy atom. The van der Waals surface area contributed by atoms with Gasteiger partial charge in [-0.1, -0.05) is 24.3 Å². The molecule has 2 aromatic carbocycles. The summed E-state index contributed by atoms with van der Waals surface area (Å²) >= 11 is 0. The van der Waals surface area contributed by atoms with Gasteiger partial charge < -0.3 is 4.74 Å². The minimum atomic E-state index is -3.52. The van der Waals surface area contributed by atoms with E-state index in [0.29, 0.717) is 24.5 Å². The molecule has 0 saturated carbocycles. The van der Waals surface area contributed by atoms with Gasteiger partial charge in [-0.05, 0) is 41.3 Å². The topological polar surface area (TPSA) is 73.2 Å². The van der Waals surface area contributed by atoms with Crippen molar-refractivity contribution in [1.29, 1.82) is 0 Å². The number of benzene rings is 2. The van der Waals surface area contributed by atoms with E-state index < -0.39 is 10.0 Å². The van der Waals surface area contributed by atoms with Crippen molar-refractivity contribution in [2.45, 2.75) is 17.7 Å². The Morgan fingerprint density at radius 3 is 2.70 bits per heavy atom. The molecule has 1 aliphatic rings. The van der Waals surface area contributed by atoms with Crippen LogP contribution < -0.4 is 9.46 Å². The first-order valence-electron chi connectivity index (χ1n) is 8.85. The molecule has 0 amide bonds. The molecule has 2 heterocycles. The monoisotopic (exact) mass is 383 g/mol. The molecule has 0 bridgehead atoms. The van der Waals surface area contributed by atoms with E-state index in [0.717, 1.165) is 34.4 Å². The van der Waals surface area contributed by atoms with E-state index in [1.54, 1.807) is 22.9 Å².